The summed E-state index contributed by atoms with van der Waals surface area (Å²) >= 11 is 0. The third-order valence-electron chi connectivity index (χ3n) is 23.4. The van der Waals surface area contributed by atoms with Gasteiger partial charge in [0.05, 0.1) is 49.5 Å². The highest BCUT2D eigenvalue weighted by Crippen LogP contribution is 2.47. The minimum atomic E-state index is 0.898. The molecule has 0 N–H and O–H groups in total. The van der Waals surface area contributed by atoms with Crippen LogP contribution < -0.4 is 0 Å². The minimum absolute atomic E-state index is 0.898. The van der Waals surface area contributed by atoms with E-state index in [-0.39, 0.29) is 0 Å². The fourth-order valence-corrected chi connectivity index (χ4v) is 18.1. The third-order valence-corrected chi connectivity index (χ3v) is 23.4. The maximum atomic E-state index is 6.73. The van der Waals surface area contributed by atoms with Gasteiger partial charge >= 0.3 is 0 Å². The number of fused-ring (bicyclic) bond motifs is 20. The summed E-state index contributed by atoms with van der Waals surface area (Å²) in [5, 5.41) is 14.1. The Morgan fingerprint density at radius 1 is 0.149 bits per heavy atom. The zero-order chi connectivity index (χ0) is 74.9. The van der Waals surface area contributed by atoms with Crippen LogP contribution in [0, 0.1) is 0 Å². The number of benzene rings is 18. The maximum absolute atomic E-state index is 6.73. The number of hydrogen-bond acceptors (Lipinski definition) is 2. The van der Waals surface area contributed by atoms with E-state index in [4.69, 9.17) is 8.83 Å². The van der Waals surface area contributed by atoms with Crippen molar-refractivity contribution in [1.29, 1.82) is 0 Å². The summed E-state index contributed by atoms with van der Waals surface area (Å²) in [5.41, 5.74) is 31.7. The molecule has 24 aromatic rings. The lowest BCUT2D eigenvalue weighted by Crippen LogP contribution is -1.95. The smallest absolute Gasteiger partial charge is 0.160 e. The molecule has 0 saturated heterocycles. The van der Waals surface area contributed by atoms with E-state index in [9.17, 15) is 0 Å². The predicted molar refractivity (Wildman–Crippen MR) is 477 cm³/mol. The van der Waals surface area contributed by atoms with Crippen molar-refractivity contribution in [3.63, 3.8) is 0 Å². The number of nitrogens with zero attached hydrogens (tertiary/aromatic N) is 4. The zero-order valence-corrected chi connectivity index (χ0v) is 61.9. The van der Waals surface area contributed by atoms with Crippen molar-refractivity contribution < 1.29 is 8.83 Å². The fourth-order valence-electron chi connectivity index (χ4n) is 18.1. The first kappa shape index (κ1) is 64.7. The molecule has 0 fully saturated rings. The van der Waals surface area contributed by atoms with Gasteiger partial charge < -0.3 is 27.1 Å². The van der Waals surface area contributed by atoms with Crippen LogP contribution in [0.4, 0.5) is 0 Å². The highest BCUT2D eigenvalue weighted by atomic mass is 16.3. The summed E-state index contributed by atoms with van der Waals surface area (Å²) in [6.45, 7) is 0. The molecule has 24 rings (SSSR count). The van der Waals surface area contributed by atoms with Gasteiger partial charge in [-0.05, 0) is 206 Å². The van der Waals surface area contributed by atoms with Crippen LogP contribution >= 0.6 is 0 Å². The second-order valence-corrected chi connectivity index (χ2v) is 29.8. The molecule has 6 heterocycles. The van der Waals surface area contributed by atoms with Crippen molar-refractivity contribution in [3.05, 3.63) is 413 Å². The van der Waals surface area contributed by atoms with Gasteiger partial charge in [-0.15, -0.1) is 0 Å². The van der Waals surface area contributed by atoms with Crippen LogP contribution in [0.1, 0.15) is 0 Å². The van der Waals surface area contributed by atoms with Crippen LogP contribution in [0.15, 0.2) is 421 Å². The molecule has 0 atom stereocenters. The summed E-state index contributed by atoms with van der Waals surface area (Å²) in [6, 6.07) is 149. The van der Waals surface area contributed by atoms with E-state index in [1.165, 1.54) is 127 Å². The number of rotatable bonds is 10. The molecule has 0 aliphatic carbocycles. The average molecular weight is 1450 g/mol. The normalized spacial score (nSPS) is 11.9. The molecule has 0 amide bonds. The second-order valence-electron chi connectivity index (χ2n) is 29.8. The second kappa shape index (κ2) is 26.2. The van der Waals surface area contributed by atoms with Crippen molar-refractivity contribution in [2.75, 3.05) is 0 Å². The largest absolute Gasteiger partial charge is 0.455 e. The first-order chi connectivity index (χ1) is 56.5. The van der Waals surface area contributed by atoms with E-state index in [2.05, 4.69) is 419 Å². The van der Waals surface area contributed by atoms with E-state index in [0.29, 0.717) is 0 Å². The van der Waals surface area contributed by atoms with Gasteiger partial charge in [-0.25, -0.2) is 0 Å². The van der Waals surface area contributed by atoms with Crippen molar-refractivity contribution in [3.8, 4) is 89.5 Å². The summed E-state index contributed by atoms with van der Waals surface area (Å²) in [7, 11) is 0. The molecule has 0 radical (unpaired) electrons. The van der Waals surface area contributed by atoms with Crippen LogP contribution in [0.25, 0.3) is 221 Å². The number of furan rings is 2. The lowest BCUT2D eigenvalue weighted by molar-refractivity contribution is 0.671. The van der Waals surface area contributed by atoms with E-state index in [1.54, 1.807) is 0 Å². The first-order valence-corrected chi connectivity index (χ1v) is 39.0. The molecule has 0 saturated carbocycles. The van der Waals surface area contributed by atoms with Gasteiger partial charge in [-0.2, -0.15) is 0 Å². The molecule has 6 nitrogen and oxygen atoms in total. The molecule has 0 aliphatic rings. The van der Waals surface area contributed by atoms with Gasteiger partial charge in [0.2, 0.25) is 0 Å². The summed E-state index contributed by atoms with van der Waals surface area (Å²) in [4.78, 5) is 0. The Bertz CT molecular complexity index is 7930. The van der Waals surface area contributed by atoms with Crippen molar-refractivity contribution >= 4 is 131 Å². The highest BCUT2D eigenvalue weighted by Gasteiger charge is 2.24. The quantitative estimate of drug-likeness (QED) is 0.137. The molecule has 532 valence electrons. The molecular weight excluding hydrogens is 1390 g/mol. The van der Waals surface area contributed by atoms with E-state index in [1.807, 2.05) is 12.1 Å². The zero-order valence-electron chi connectivity index (χ0n) is 61.9. The van der Waals surface area contributed by atoms with E-state index >= 15 is 0 Å². The molecule has 18 aromatic carbocycles. The monoisotopic (exact) mass is 1450 g/mol. The number of hydrogen-bond donors (Lipinski definition) is 0. The van der Waals surface area contributed by atoms with Crippen LogP contribution in [-0.4, -0.2) is 18.3 Å². The SMILES string of the molecule is c1ccc(-c2ccc(-n3c4ccccc4c4cc(-c5ccc6c(c5)c5c7oc8ccccc8c7ccc5n6-c5cccc(-c6ccccc6)c5)ccc43)cc2)cc1.c1ccc(-c2ccc(-n3c4ccccc4c4cc(-c5ccc6c(c5)c5ccc7c8ccccc8oc7c5n6-c5cccc(-c6ccccc6)c5)ccc43)cc2)cc1. The number of para-hydroxylation sites is 4. The Morgan fingerprint density at radius 3 is 0.930 bits per heavy atom. The third kappa shape index (κ3) is 10.5. The molecule has 0 spiro atoms. The standard InChI is InChI=1S/2C54H34N2O/c1-3-12-35(13-4-1)37-22-26-41(27-23-37)55-49-20-9-7-18-43(49)47-33-39(24-30-50(47)55)40-25-31-51-48(34-40)45-28-29-46-44-19-8-10-21-52(44)57-54(46)53(45)56(51)42-17-11-16-38(32-42)36-14-5-2-6-15-36;1-3-12-35(13-4-1)37-22-26-41(27-23-37)55-48-20-9-7-18-43(48)46-33-39(24-29-49(46)55)40-25-30-50-47(34-40)53-51(31-28-45-44-19-8-10-21-52(44)57-54(45)53)56(50)42-17-11-16-38(32-42)36-14-5-2-6-15-36/h2*1-34H. The molecule has 0 unspecified atom stereocenters. The van der Waals surface area contributed by atoms with Gasteiger partial charge in [-0.1, -0.05) is 273 Å². The van der Waals surface area contributed by atoms with Crippen LogP contribution in [0.5, 0.6) is 0 Å². The van der Waals surface area contributed by atoms with Gasteiger partial charge in [0.1, 0.15) is 16.7 Å². The minimum Gasteiger partial charge on any atom is -0.455 e. The number of aromatic nitrogens is 4. The van der Waals surface area contributed by atoms with Gasteiger partial charge in [-0.3, -0.25) is 0 Å². The molecule has 0 aliphatic heterocycles. The highest BCUT2D eigenvalue weighted by molar-refractivity contribution is 6.25. The summed E-state index contributed by atoms with van der Waals surface area (Å²) in [6.07, 6.45) is 0. The van der Waals surface area contributed by atoms with Gasteiger partial charge in [0.15, 0.2) is 5.58 Å². The fraction of sp³-hybridized carbons (Fsp3) is 0. The Morgan fingerprint density at radius 2 is 0.447 bits per heavy atom. The van der Waals surface area contributed by atoms with E-state index < -0.39 is 0 Å². The predicted octanol–water partition coefficient (Wildman–Crippen LogP) is 29.6. The lowest BCUT2D eigenvalue weighted by Gasteiger charge is -2.11. The van der Waals surface area contributed by atoms with Gasteiger partial charge in [0.25, 0.3) is 0 Å². The molecular formula is C108H68N4O2. The Balaban J connectivity index is 0.000000135. The lowest BCUT2D eigenvalue weighted by atomic mass is 10.00. The van der Waals surface area contributed by atoms with Crippen molar-refractivity contribution in [1.82, 2.24) is 18.3 Å². The summed E-state index contributed by atoms with van der Waals surface area (Å²) in [5.74, 6) is 0. The Labute approximate surface area is 656 Å². The Hall–Kier alpha value is -15.2. The summed E-state index contributed by atoms with van der Waals surface area (Å²) < 4.78 is 23.0. The average Bonchev–Trinajstić information content (AvgIpc) is 1.56. The molecule has 0 bridgehead atoms. The Kier molecular flexibility index (Phi) is 14.9. The molecule has 6 heteroatoms. The topological polar surface area (TPSA) is 46.0 Å². The van der Waals surface area contributed by atoms with Crippen LogP contribution in [-0.2, 0) is 0 Å². The molecule has 6 aromatic heterocycles. The van der Waals surface area contributed by atoms with Crippen LogP contribution in [0.3, 0.4) is 0 Å². The maximum Gasteiger partial charge on any atom is 0.160 e. The molecule has 114 heavy (non-hydrogen) atoms. The van der Waals surface area contributed by atoms with E-state index in [0.717, 1.165) is 94.1 Å². The first-order valence-electron chi connectivity index (χ1n) is 39.0. The van der Waals surface area contributed by atoms with Gasteiger partial charge in [0, 0.05) is 82.0 Å². The van der Waals surface area contributed by atoms with Crippen LogP contribution in [0.2, 0.25) is 0 Å². The van der Waals surface area contributed by atoms with Crippen molar-refractivity contribution in [2.24, 2.45) is 0 Å². The van der Waals surface area contributed by atoms with Crippen molar-refractivity contribution in [2.45, 2.75) is 0 Å².